The first-order valence-electron chi connectivity index (χ1n) is 11.8. The lowest BCUT2D eigenvalue weighted by Gasteiger charge is -2.32. The van der Waals surface area contributed by atoms with E-state index in [0.717, 1.165) is 51.9 Å². The van der Waals surface area contributed by atoms with Crippen LogP contribution in [0.2, 0.25) is 0 Å². The van der Waals surface area contributed by atoms with Crippen molar-refractivity contribution in [2.75, 3.05) is 7.11 Å². The highest BCUT2D eigenvalue weighted by molar-refractivity contribution is 5.78. The van der Waals surface area contributed by atoms with Crippen molar-refractivity contribution in [3.8, 4) is 11.5 Å². The Morgan fingerprint density at radius 2 is 1.76 bits per heavy atom. The van der Waals surface area contributed by atoms with Gasteiger partial charge in [-0.25, -0.2) is 13.6 Å². The van der Waals surface area contributed by atoms with Gasteiger partial charge in [0.05, 0.1) is 7.11 Å². The zero-order valence-corrected chi connectivity index (χ0v) is 19.2. The Hall–Kier alpha value is -2.63. The van der Waals surface area contributed by atoms with Crippen LogP contribution in [0.25, 0.3) is 0 Å². The summed E-state index contributed by atoms with van der Waals surface area (Å²) in [6.45, 7) is 1.14. The van der Waals surface area contributed by atoms with Crippen LogP contribution in [-0.2, 0) is 4.79 Å². The number of rotatable bonds is 9. The summed E-state index contributed by atoms with van der Waals surface area (Å²) in [5.74, 6) is -1.35. The van der Waals surface area contributed by atoms with Gasteiger partial charge in [-0.15, -0.1) is 0 Å². The number of halogens is 2. The Morgan fingerprint density at radius 3 is 2.39 bits per heavy atom. The number of hydrogen-bond acceptors (Lipinski definition) is 3. The Kier molecular flexibility index (Phi) is 6.91. The third kappa shape index (κ3) is 5.15. The van der Waals surface area contributed by atoms with E-state index in [1.807, 2.05) is 0 Å². The average Bonchev–Trinajstić information content (AvgIpc) is 3.64. The molecule has 0 saturated heterocycles. The lowest BCUT2D eigenvalue weighted by molar-refractivity contribution is -0.151. The van der Waals surface area contributed by atoms with E-state index in [-0.39, 0.29) is 17.7 Å². The van der Waals surface area contributed by atoms with E-state index in [0.29, 0.717) is 22.6 Å². The summed E-state index contributed by atoms with van der Waals surface area (Å²) >= 11 is 0. The summed E-state index contributed by atoms with van der Waals surface area (Å²) in [5, 5.41) is 9.50. The highest BCUT2D eigenvalue weighted by Gasteiger charge is 2.50. The second kappa shape index (κ2) is 9.70. The third-order valence-corrected chi connectivity index (χ3v) is 7.16. The van der Waals surface area contributed by atoms with E-state index >= 15 is 4.39 Å². The molecular weight excluding hydrogens is 426 g/mol. The maximum atomic E-state index is 15.2. The van der Waals surface area contributed by atoms with Crippen molar-refractivity contribution in [2.45, 2.75) is 69.6 Å². The van der Waals surface area contributed by atoms with E-state index in [1.54, 1.807) is 43.5 Å². The molecule has 0 aromatic heterocycles. The number of carbonyl (C=O) groups is 1. The molecule has 0 unspecified atom stereocenters. The molecule has 0 spiro atoms. The van der Waals surface area contributed by atoms with Crippen LogP contribution >= 0.6 is 0 Å². The molecule has 2 saturated carbocycles. The summed E-state index contributed by atoms with van der Waals surface area (Å²) in [4.78, 5) is 11.7. The summed E-state index contributed by atoms with van der Waals surface area (Å²) < 4.78 is 41.9. The molecule has 0 bridgehead atoms. The Labute approximate surface area is 193 Å². The Bertz CT molecular complexity index is 980. The zero-order valence-electron chi connectivity index (χ0n) is 19.2. The standard InChI is InChI=1S/C27H32F2O4/c1-27(29,26(30)31)24(17-11-12-17)19-9-6-10-21(15-19)33-25(18-7-4-3-5-8-18)22-16-20(32-2)13-14-23(22)28/h6,9-10,13-18,24-25H,3-5,7-8,11-12H2,1-2H3,(H,30,31)/t24-,25-,27-/m0/s1. The molecule has 2 aromatic carbocycles. The molecule has 2 aliphatic carbocycles. The van der Waals surface area contributed by atoms with Gasteiger partial charge in [0.25, 0.3) is 0 Å². The van der Waals surface area contributed by atoms with Gasteiger partial charge in [0.2, 0.25) is 5.67 Å². The molecule has 0 amide bonds. The molecule has 4 rings (SSSR count). The lowest BCUT2D eigenvalue weighted by atomic mass is 9.81. The molecule has 178 valence electrons. The van der Waals surface area contributed by atoms with E-state index in [9.17, 15) is 14.3 Å². The van der Waals surface area contributed by atoms with Crippen LogP contribution in [0, 0.1) is 17.7 Å². The summed E-state index contributed by atoms with van der Waals surface area (Å²) in [6.07, 6.45) is 6.28. The second-order valence-electron chi connectivity index (χ2n) is 9.59. The van der Waals surface area contributed by atoms with Crippen molar-refractivity contribution in [1.82, 2.24) is 0 Å². The minimum atomic E-state index is -2.37. The summed E-state index contributed by atoms with van der Waals surface area (Å²) in [5.41, 5.74) is -1.32. The quantitative estimate of drug-likeness (QED) is 0.447. The number of carboxylic acids is 1. The molecule has 2 aromatic rings. The number of ether oxygens (including phenoxy) is 2. The number of alkyl halides is 1. The van der Waals surface area contributed by atoms with Gasteiger partial charge in [0, 0.05) is 17.4 Å². The molecule has 2 aliphatic rings. The number of carboxylic acid groups (broad SMARTS) is 1. The number of hydrogen-bond donors (Lipinski definition) is 1. The van der Waals surface area contributed by atoms with E-state index in [2.05, 4.69) is 0 Å². The van der Waals surface area contributed by atoms with E-state index in [4.69, 9.17) is 9.47 Å². The van der Waals surface area contributed by atoms with Gasteiger partial charge in [-0.05, 0) is 74.4 Å². The van der Waals surface area contributed by atoms with Crippen LogP contribution in [0.1, 0.15) is 75.0 Å². The first-order chi connectivity index (χ1) is 15.8. The van der Waals surface area contributed by atoms with Gasteiger partial charge in [-0.2, -0.15) is 0 Å². The monoisotopic (exact) mass is 458 g/mol. The molecule has 0 heterocycles. The summed E-state index contributed by atoms with van der Waals surface area (Å²) in [7, 11) is 1.55. The van der Waals surface area contributed by atoms with Gasteiger partial charge < -0.3 is 14.6 Å². The van der Waals surface area contributed by atoms with Gasteiger partial charge in [-0.1, -0.05) is 31.4 Å². The molecule has 33 heavy (non-hydrogen) atoms. The molecule has 0 radical (unpaired) electrons. The van der Waals surface area contributed by atoms with Crippen molar-refractivity contribution in [3.05, 3.63) is 59.4 Å². The first kappa shape index (κ1) is 23.5. The molecule has 6 heteroatoms. The summed E-state index contributed by atoms with van der Waals surface area (Å²) in [6, 6.07) is 11.7. The third-order valence-electron chi connectivity index (χ3n) is 7.16. The van der Waals surface area contributed by atoms with Crippen LogP contribution in [0.4, 0.5) is 8.78 Å². The fourth-order valence-corrected chi connectivity index (χ4v) is 5.24. The minimum absolute atomic E-state index is 0.00341. The smallest absolute Gasteiger partial charge is 0.341 e. The Morgan fingerprint density at radius 1 is 1.03 bits per heavy atom. The predicted molar refractivity (Wildman–Crippen MR) is 122 cm³/mol. The van der Waals surface area contributed by atoms with Crippen LogP contribution in [0.3, 0.4) is 0 Å². The highest BCUT2D eigenvalue weighted by atomic mass is 19.1. The van der Waals surface area contributed by atoms with Crippen molar-refractivity contribution >= 4 is 5.97 Å². The van der Waals surface area contributed by atoms with Crippen molar-refractivity contribution in [1.29, 1.82) is 0 Å². The number of methoxy groups -OCH3 is 1. The highest BCUT2D eigenvalue weighted by Crippen LogP contribution is 2.50. The predicted octanol–water partition coefficient (Wildman–Crippen LogP) is 6.84. The maximum absolute atomic E-state index is 15.2. The molecule has 4 nitrogen and oxygen atoms in total. The normalized spacial score (nSPS) is 20.5. The topological polar surface area (TPSA) is 55.8 Å². The average molecular weight is 459 g/mol. The SMILES string of the molecule is COc1ccc(F)c([C@@H](Oc2cccc([C@H](C3CC3)[C@](C)(F)C(=O)O)c2)C2CCCCC2)c1. The van der Waals surface area contributed by atoms with Gasteiger partial charge in [0.1, 0.15) is 23.4 Å². The maximum Gasteiger partial charge on any atom is 0.341 e. The molecule has 3 atom stereocenters. The number of aliphatic carboxylic acids is 1. The van der Waals surface area contributed by atoms with Crippen molar-refractivity contribution in [2.24, 2.45) is 11.8 Å². The second-order valence-corrected chi connectivity index (χ2v) is 9.59. The van der Waals surface area contributed by atoms with Crippen LogP contribution in [0.5, 0.6) is 11.5 Å². The molecule has 0 aliphatic heterocycles. The zero-order chi connectivity index (χ0) is 23.6. The lowest BCUT2D eigenvalue weighted by Crippen LogP contribution is -2.38. The molecule has 1 N–H and O–H groups in total. The minimum Gasteiger partial charge on any atom is -0.497 e. The van der Waals surface area contributed by atoms with Crippen LogP contribution in [-0.4, -0.2) is 23.9 Å². The largest absolute Gasteiger partial charge is 0.497 e. The van der Waals surface area contributed by atoms with E-state index in [1.165, 1.54) is 6.07 Å². The van der Waals surface area contributed by atoms with Crippen molar-refractivity contribution in [3.63, 3.8) is 0 Å². The van der Waals surface area contributed by atoms with Gasteiger partial charge in [-0.3, -0.25) is 0 Å². The van der Waals surface area contributed by atoms with Crippen LogP contribution in [0.15, 0.2) is 42.5 Å². The fourth-order valence-electron chi connectivity index (χ4n) is 5.24. The van der Waals surface area contributed by atoms with E-state index < -0.39 is 23.7 Å². The number of benzene rings is 2. The van der Waals surface area contributed by atoms with Crippen LogP contribution < -0.4 is 9.47 Å². The first-order valence-corrected chi connectivity index (χ1v) is 11.8. The molecule has 2 fully saturated rings. The Balaban J connectivity index is 1.68. The fraction of sp³-hybridized carbons (Fsp3) is 0.519. The van der Waals surface area contributed by atoms with Crippen molar-refractivity contribution < 1.29 is 28.2 Å². The molecular formula is C27H32F2O4. The van der Waals surface area contributed by atoms with Gasteiger partial charge in [0.15, 0.2) is 0 Å². The van der Waals surface area contributed by atoms with Gasteiger partial charge >= 0.3 is 5.97 Å².